The van der Waals surface area contributed by atoms with Gasteiger partial charge < -0.3 is 15.1 Å². The van der Waals surface area contributed by atoms with Gasteiger partial charge in [0.15, 0.2) is 9.84 Å². The van der Waals surface area contributed by atoms with Gasteiger partial charge in [-0.3, -0.25) is 9.59 Å². The van der Waals surface area contributed by atoms with E-state index in [1.807, 2.05) is 43.9 Å². The van der Waals surface area contributed by atoms with Crippen LogP contribution < -0.4 is 5.32 Å². The molecule has 2 aliphatic rings. The number of amides is 2. The molecule has 1 spiro atoms. The van der Waals surface area contributed by atoms with Gasteiger partial charge in [0.1, 0.15) is 0 Å². The molecule has 2 aliphatic heterocycles. The predicted molar refractivity (Wildman–Crippen MR) is 156 cm³/mol. The highest BCUT2D eigenvalue weighted by Gasteiger charge is 2.47. The monoisotopic (exact) mass is 575 g/mol. The molecule has 2 saturated heterocycles. The molecule has 0 saturated carbocycles. The van der Waals surface area contributed by atoms with Crippen LogP contribution in [-0.2, 0) is 26.0 Å². The Hall–Kier alpha value is -2.42. The summed E-state index contributed by atoms with van der Waals surface area (Å²) in [5.41, 5.74) is 1.33. The second kappa shape index (κ2) is 12.4. The Bertz CT molecular complexity index is 1240. The van der Waals surface area contributed by atoms with Gasteiger partial charge in [0.25, 0.3) is 0 Å². The van der Waals surface area contributed by atoms with Gasteiger partial charge >= 0.3 is 0 Å². The van der Waals surface area contributed by atoms with Gasteiger partial charge in [0, 0.05) is 31.3 Å². The summed E-state index contributed by atoms with van der Waals surface area (Å²) in [5, 5.41) is 3.25. The highest BCUT2D eigenvalue weighted by atomic mass is 35.5. The summed E-state index contributed by atoms with van der Waals surface area (Å²) in [6, 6.07) is 16.9. The second-order valence-electron chi connectivity index (χ2n) is 12.0. The number of carbonyl (C=O) groups is 2. The molecule has 1 N–H and O–H groups in total. The fourth-order valence-electron chi connectivity index (χ4n) is 5.47. The molecule has 7 nitrogen and oxygen atoms in total. The van der Waals surface area contributed by atoms with Gasteiger partial charge in [0.2, 0.25) is 11.8 Å². The van der Waals surface area contributed by atoms with Crippen LogP contribution in [0.2, 0.25) is 0 Å². The van der Waals surface area contributed by atoms with Gasteiger partial charge in [-0.05, 0) is 62.0 Å². The second-order valence-corrected chi connectivity index (χ2v) is 14.0. The van der Waals surface area contributed by atoms with E-state index < -0.39 is 15.3 Å². The molecule has 2 amide bonds. The Morgan fingerprint density at radius 2 is 1.56 bits per heavy atom. The third-order valence-corrected chi connectivity index (χ3v) is 9.19. The van der Waals surface area contributed by atoms with E-state index in [1.54, 1.807) is 24.3 Å². The first kappa shape index (κ1) is 31.1. The zero-order chi connectivity index (χ0) is 27.6. The Morgan fingerprint density at radius 3 is 2.13 bits per heavy atom. The van der Waals surface area contributed by atoms with E-state index in [4.69, 9.17) is 0 Å². The van der Waals surface area contributed by atoms with Crippen molar-refractivity contribution in [1.82, 2.24) is 15.1 Å². The van der Waals surface area contributed by atoms with E-state index in [0.29, 0.717) is 11.4 Å². The molecule has 0 bridgehead atoms. The largest absolute Gasteiger partial charge is 0.349 e. The number of hydrogen-bond donors (Lipinski definition) is 1. The number of nitrogens with zero attached hydrogens (tertiary/aromatic N) is 2. The van der Waals surface area contributed by atoms with E-state index in [-0.39, 0.29) is 35.7 Å². The first-order chi connectivity index (χ1) is 17.9. The summed E-state index contributed by atoms with van der Waals surface area (Å²) in [7, 11) is -3.23. The average molecular weight is 576 g/mol. The molecular formula is C30H42ClN3O4S. The lowest BCUT2D eigenvalue weighted by molar-refractivity contribution is -0.139. The standard InChI is InChI=1S/C30H41N3O4S.ClH/c1-29(2,3)27(34)31-26(24-8-6-5-7-9-24)14-18-32-19-15-30(16-20-32)17-21-33(28(30)35)22-23-10-12-25(13-11-23)38(4,36)37;/h5-13,26H,14-22H2,1-4H3,(H,31,34);1H/t26-;/m0./s1. The maximum Gasteiger partial charge on any atom is 0.229 e. The van der Waals surface area contributed by atoms with Crippen molar-refractivity contribution in [2.45, 2.75) is 63.9 Å². The summed E-state index contributed by atoms with van der Waals surface area (Å²) in [6.45, 7) is 9.66. The minimum Gasteiger partial charge on any atom is -0.349 e. The molecule has 2 aromatic carbocycles. The minimum atomic E-state index is -3.23. The SMILES string of the molecule is CC(C)(C)C(=O)N[C@@H](CCN1CCC2(CC1)CCN(Cc1ccc(S(C)(=O)=O)cc1)C2=O)c1ccccc1.Cl. The number of rotatable bonds is 8. The molecule has 4 rings (SSSR count). The lowest BCUT2D eigenvalue weighted by Gasteiger charge is -2.38. The van der Waals surface area contributed by atoms with Crippen molar-refractivity contribution in [3.8, 4) is 0 Å². The van der Waals surface area contributed by atoms with Crippen molar-refractivity contribution in [2.75, 3.05) is 32.4 Å². The van der Waals surface area contributed by atoms with E-state index >= 15 is 0 Å². The molecular weight excluding hydrogens is 534 g/mol. The molecule has 2 fully saturated rings. The summed E-state index contributed by atoms with van der Waals surface area (Å²) in [6.07, 6.45) is 4.59. The van der Waals surface area contributed by atoms with Crippen molar-refractivity contribution in [3.63, 3.8) is 0 Å². The smallest absolute Gasteiger partial charge is 0.229 e. The lowest BCUT2D eigenvalue weighted by atomic mass is 9.77. The molecule has 1 atom stereocenters. The van der Waals surface area contributed by atoms with Crippen molar-refractivity contribution >= 4 is 34.1 Å². The van der Waals surface area contributed by atoms with Crippen molar-refractivity contribution in [3.05, 3.63) is 65.7 Å². The first-order valence-electron chi connectivity index (χ1n) is 13.5. The predicted octanol–water partition coefficient (Wildman–Crippen LogP) is 4.62. The molecule has 2 aromatic rings. The maximum atomic E-state index is 13.4. The third-order valence-electron chi connectivity index (χ3n) is 8.06. The maximum absolute atomic E-state index is 13.4. The number of hydrogen-bond acceptors (Lipinski definition) is 5. The zero-order valence-corrected chi connectivity index (χ0v) is 25.1. The van der Waals surface area contributed by atoms with Crippen LogP contribution in [0.1, 0.15) is 63.6 Å². The highest BCUT2D eigenvalue weighted by Crippen LogP contribution is 2.42. The minimum absolute atomic E-state index is 0. The van der Waals surface area contributed by atoms with Crippen LogP contribution in [-0.4, -0.2) is 62.5 Å². The number of sulfone groups is 1. The fraction of sp³-hybridized carbons (Fsp3) is 0.533. The molecule has 9 heteroatoms. The van der Waals surface area contributed by atoms with Crippen LogP contribution in [0.25, 0.3) is 0 Å². The van der Waals surface area contributed by atoms with Gasteiger partial charge in [-0.15, -0.1) is 12.4 Å². The average Bonchev–Trinajstić information content (AvgIpc) is 3.17. The molecule has 0 aromatic heterocycles. The summed E-state index contributed by atoms with van der Waals surface area (Å²) in [5.74, 6) is 0.274. The number of carbonyl (C=O) groups excluding carboxylic acids is 2. The topological polar surface area (TPSA) is 86.8 Å². The molecule has 2 heterocycles. The van der Waals surface area contributed by atoms with Crippen LogP contribution in [0, 0.1) is 10.8 Å². The Balaban J connectivity index is 0.00000420. The van der Waals surface area contributed by atoms with Crippen LogP contribution in [0.15, 0.2) is 59.5 Å². The number of halogens is 1. The van der Waals surface area contributed by atoms with Crippen molar-refractivity contribution in [2.24, 2.45) is 10.8 Å². The summed E-state index contributed by atoms with van der Waals surface area (Å²) in [4.78, 5) is 30.8. The first-order valence-corrected chi connectivity index (χ1v) is 15.4. The van der Waals surface area contributed by atoms with Crippen molar-refractivity contribution < 1.29 is 18.0 Å². The van der Waals surface area contributed by atoms with E-state index in [0.717, 1.165) is 63.0 Å². The Kier molecular flexibility index (Phi) is 9.89. The third kappa shape index (κ3) is 7.62. The fourth-order valence-corrected chi connectivity index (χ4v) is 6.10. The van der Waals surface area contributed by atoms with Crippen LogP contribution in [0.4, 0.5) is 0 Å². The van der Waals surface area contributed by atoms with Crippen molar-refractivity contribution in [1.29, 1.82) is 0 Å². The van der Waals surface area contributed by atoms with Crippen LogP contribution >= 0.6 is 12.4 Å². The Morgan fingerprint density at radius 1 is 0.974 bits per heavy atom. The molecule has 0 radical (unpaired) electrons. The van der Waals surface area contributed by atoms with E-state index in [2.05, 4.69) is 22.3 Å². The summed E-state index contributed by atoms with van der Waals surface area (Å²) < 4.78 is 23.5. The van der Waals surface area contributed by atoms with Crippen LogP contribution in [0.3, 0.4) is 0 Å². The number of nitrogens with one attached hydrogen (secondary N) is 1. The quantitative estimate of drug-likeness (QED) is 0.496. The van der Waals surface area contributed by atoms with Crippen LogP contribution in [0.5, 0.6) is 0 Å². The summed E-state index contributed by atoms with van der Waals surface area (Å²) >= 11 is 0. The molecule has 0 unspecified atom stereocenters. The van der Waals surface area contributed by atoms with E-state index in [9.17, 15) is 18.0 Å². The van der Waals surface area contributed by atoms with E-state index in [1.165, 1.54) is 6.26 Å². The normalized spacial score (nSPS) is 18.6. The highest BCUT2D eigenvalue weighted by molar-refractivity contribution is 7.90. The number of benzene rings is 2. The lowest BCUT2D eigenvalue weighted by Crippen LogP contribution is -2.45. The van der Waals surface area contributed by atoms with Gasteiger partial charge in [0.05, 0.1) is 16.4 Å². The molecule has 214 valence electrons. The van der Waals surface area contributed by atoms with Gasteiger partial charge in [-0.1, -0.05) is 63.2 Å². The van der Waals surface area contributed by atoms with Gasteiger partial charge in [-0.2, -0.15) is 0 Å². The molecule has 0 aliphatic carbocycles. The zero-order valence-electron chi connectivity index (χ0n) is 23.5. The number of piperidine rings is 1. The van der Waals surface area contributed by atoms with Gasteiger partial charge in [-0.25, -0.2) is 8.42 Å². The molecule has 39 heavy (non-hydrogen) atoms. The Labute approximate surface area is 239 Å². The number of likely N-dealkylation sites (tertiary alicyclic amines) is 2.